The third kappa shape index (κ3) is 7.73. The van der Waals surface area contributed by atoms with Crippen molar-refractivity contribution in [2.45, 2.75) is 85.6 Å². The van der Waals surface area contributed by atoms with Crippen molar-refractivity contribution in [3.05, 3.63) is 59.9 Å². The number of Topliss-reactive ketones (excluding diaryl/α,β-unsaturated/α-hetero) is 1. The Hall–Kier alpha value is -4.96. The summed E-state index contributed by atoms with van der Waals surface area (Å²) in [5.41, 5.74) is 0.582. The van der Waals surface area contributed by atoms with E-state index in [1.165, 1.54) is 40.2 Å². The van der Waals surface area contributed by atoms with E-state index in [1.54, 1.807) is 58.9 Å². The van der Waals surface area contributed by atoms with Gasteiger partial charge in [0.05, 0.1) is 45.7 Å². The number of aromatic nitrogens is 1. The third-order valence-electron chi connectivity index (χ3n) is 10.8. The van der Waals surface area contributed by atoms with Crippen molar-refractivity contribution in [3.8, 4) is 17.2 Å². The Balaban J connectivity index is 1.72. The van der Waals surface area contributed by atoms with Crippen molar-refractivity contribution >= 4 is 60.8 Å². The van der Waals surface area contributed by atoms with Crippen LogP contribution in [0.15, 0.2) is 48.8 Å². The second-order valence-corrected chi connectivity index (χ2v) is 15.7. The standard InChI is InChI=1S/C41H51N3O11S/c1-11-16-42-40-44-29-26-27-33(48)23(7)36-28(26)38(50)41(9,55-36)53-17-15-25(52-10)20(4)35(54-24(8)45)22(6)32(47)21(5)31(46)18(2)13-12-14-19(3)39(51)43-30(34(27)49)37(29)56-40/h11-15,17-18,20-22,25,31-32,35,46-49H,1,16H2,2-10H3,(H,42,44)(H,43,51)/b13-12+,17-15+,19-14-. The lowest BCUT2D eigenvalue weighted by atomic mass is 9.78. The SMILES string of the molecule is C=CCNc1nc2c(s1)c1c(O)c3c(O)c(C)c4c(c32)C(=O)C(C)(O/C=C/C(OC)C(C)C(OC(C)=O)C(C)C(O)C(C)C(O)C(C)/C=C/C=C(/C)C(=O)N1)O4. The second kappa shape index (κ2) is 16.6. The third-order valence-corrected chi connectivity index (χ3v) is 11.8. The number of nitrogens with zero attached hydrogens (tertiary/aromatic N) is 1. The number of ether oxygens (including phenoxy) is 4. The number of esters is 1. The lowest BCUT2D eigenvalue weighted by Crippen LogP contribution is -2.46. The number of fused-ring (bicyclic) bond motifs is 1. The maximum absolute atomic E-state index is 14.5. The van der Waals surface area contributed by atoms with Crippen molar-refractivity contribution in [1.29, 1.82) is 0 Å². The van der Waals surface area contributed by atoms with Gasteiger partial charge in [0, 0.05) is 67.7 Å². The van der Waals surface area contributed by atoms with E-state index in [0.29, 0.717) is 16.4 Å². The lowest BCUT2D eigenvalue weighted by Gasteiger charge is -2.38. The van der Waals surface area contributed by atoms with E-state index in [9.17, 15) is 34.8 Å². The number of ketones is 1. The fourth-order valence-electron chi connectivity index (χ4n) is 7.36. The van der Waals surface area contributed by atoms with Gasteiger partial charge < -0.3 is 50.0 Å². The highest BCUT2D eigenvalue weighted by Crippen LogP contribution is 2.55. The van der Waals surface area contributed by atoms with E-state index >= 15 is 0 Å². The van der Waals surface area contributed by atoms with E-state index in [-0.39, 0.29) is 44.4 Å². The molecular weight excluding hydrogens is 743 g/mol. The number of phenols is 2. The minimum atomic E-state index is -1.95. The summed E-state index contributed by atoms with van der Waals surface area (Å²) in [5.74, 6) is -6.96. The van der Waals surface area contributed by atoms with Crippen LogP contribution in [-0.4, -0.2) is 86.9 Å². The number of methoxy groups -OCH3 is 1. The number of carbonyl (C=O) groups excluding carboxylic acids is 3. The summed E-state index contributed by atoms with van der Waals surface area (Å²) in [7, 11) is 1.45. The Morgan fingerprint density at radius 3 is 2.41 bits per heavy atom. The van der Waals surface area contributed by atoms with Crippen LogP contribution in [0.3, 0.4) is 0 Å². The van der Waals surface area contributed by atoms with E-state index in [2.05, 4.69) is 17.2 Å². The number of thiazole rings is 1. The van der Waals surface area contributed by atoms with Gasteiger partial charge in [-0.3, -0.25) is 14.4 Å². The summed E-state index contributed by atoms with van der Waals surface area (Å²) in [4.78, 5) is 45.2. The Bertz CT molecular complexity index is 2140. The molecule has 14 nitrogen and oxygen atoms in total. The number of anilines is 2. The van der Waals surface area contributed by atoms with Crippen molar-refractivity contribution < 1.29 is 53.8 Å². The van der Waals surface area contributed by atoms with E-state index in [4.69, 9.17) is 23.9 Å². The Kier molecular flexibility index (Phi) is 12.5. The minimum absolute atomic E-state index is 0.0143. The summed E-state index contributed by atoms with van der Waals surface area (Å²) in [6, 6.07) is 0. The molecule has 9 unspecified atom stereocenters. The van der Waals surface area contributed by atoms with Crippen LogP contribution < -0.4 is 15.4 Å². The molecule has 0 saturated heterocycles. The first-order valence-electron chi connectivity index (χ1n) is 18.4. The van der Waals surface area contributed by atoms with Crippen LogP contribution in [0.1, 0.15) is 64.4 Å². The van der Waals surface area contributed by atoms with Crippen molar-refractivity contribution in [3.63, 3.8) is 0 Å². The van der Waals surface area contributed by atoms with Gasteiger partial charge >= 0.3 is 11.8 Å². The molecule has 2 aliphatic rings. The average molecular weight is 794 g/mol. The summed E-state index contributed by atoms with van der Waals surface area (Å²) in [6.45, 7) is 16.8. The molecule has 4 bridgehead atoms. The molecule has 0 fully saturated rings. The lowest BCUT2D eigenvalue weighted by molar-refractivity contribution is -0.160. The Labute approximate surface area is 329 Å². The molecule has 6 N–H and O–H groups in total. The smallest absolute Gasteiger partial charge is 0.312 e. The molecule has 0 spiro atoms. The van der Waals surface area contributed by atoms with Crippen LogP contribution in [0.25, 0.3) is 21.0 Å². The van der Waals surface area contributed by atoms with Crippen LogP contribution in [0.5, 0.6) is 17.2 Å². The first-order valence-corrected chi connectivity index (χ1v) is 19.2. The number of aromatic hydroxyl groups is 2. The topological polar surface area (TPSA) is 206 Å². The predicted octanol–water partition coefficient (Wildman–Crippen LogP) is 6.26. The number of aliphatic hydroxyl groups is 2. The number of hydrogen-bond acceptors (Lipinski definition) is 14. The Morgan fingerprint density at radius 2 is 1.77 bits per heavy atom. The number of carbonyl (C=O) groups is 3. The van der Waals surface area contributed by atoms with Gasteiger partial charge in [-0.2, -0.15) is 0 Å². The Morgan fingerprint density at radius 1 is 1.07 bits per heavy atom. The fourth-order valence-corrected chi connectivity index (χ4v) is 8.34. The van der Waals surface area contributed by atoms with Gasteiger partial charge in [-0.1, -0.05) is 63.3 Å². The zero-order valence-corrected chi connectivity index (χ0v) is 33.8. The molecule has 2 aliphatic heterocycles. The molecule has 3 aromatic rings. The number of allylic oxidation sites excluding steroid dienone is 2. The van der Waals surface area contributed by atoms with Gasteiger partial charge in [0.15, 0.2) is 10.9 Å². The zero-order chi connectivity index (χ0) is 41.4. The molecule has 9 atom stereocenters. The number of amides is 1. The van der Waals surface area contributed by atoms with Gasteiger partial charge in [-0.25, -0.2) is 4.98 Å². The molecular formula is C41H51N3O11S. The number of aliphatic hydroxyl groups excluding tert-OH is 2. The number of nitrogens with one attached hydrogen (secondary N) is 2. The number of phenolic OH excluding ortho intramolecular Hbond substituents is 2. The molecule has 1 amide bonds. The summed E-state index contributed by atoms with van der Waals surface area (Å²) >= 11 is 1.12. The first-order chi connectivity index (χ1) is 26.4. The molecule has 5 rings (SSSR count). The first kappa shape index (κ1) is 42.2. The van der Waals surface area contributed by atoms with E-state index < -0.39 is 83.0 Å². The van der Waals surface area contributed by atoms with Crippen LogP contribution in [0, 0.1) is 30.6 Å². The zero-order valence-electron chi connectivity index (χ0n) is 33.0. The normalized spacial score (nSPS) is 30.9. The molecule has 0 radical (unpaired) electrons. The summed E-state index contributed by atoms with van der Waals surface area (Å²) in [6.07, 6.45) is 5.49. The van der Waals surface area contributed by atoms with E-state index in [1.807, 2.05) is 0 Å². The highest BCUT2D eigenvalue weighted by Gasteiger charge is 2.49. The number of hydrogen-bond donors (Lipinski definition) is 6. The van der Waals surface area contributed by atoms with Gasteiger partial charge in [0.1, 0.15) is 23.3 Å². The highest BCUT2D eigenvalue weighted by atomic mass is 32.1. The monoisotopic (exact) mass is 793 g/mol. The van der Waals surface area contributed by atoms with Crippen molar-refractivity contribution in [1.82, 2.24) is 4.98 Å². The molecule has 0 aliphatic carbocycles. The molecule has 0 saturated carbocycles. The van der Waals surface area contributed by atoms with Crippen LogP contribution in [-0.2, 0) is 23.8 Å². The van der Waals surface area contributed by atoms with Crippen molar-refractivity contribution in [2.24, 2.45) is 23.7 Å². The van der Waals surface area contributed by atoms with Gasteiger partial charge in [0.2, 0.25) is 0 Å². The summed E-state index contributed by atoms with van der Waals surface area (Å²) < 4.78 is 24.0. The molecule has 56 heavy (non-hydrogen) atoms. The molecule has 3 heterocycles. The van der Waals surface area contributed by atoms with Gasteiger partial charge in [-0.15, -0.1) is 6.58 Å². The molecule has 2 aromatic carbocycles. The molecule has 1 aromatic heterocycles. The van der Waals surface area contributed by atoms with Crippen molar-refractivity contribution in [2.75, 3.05) is 24.3 Å². The largest absolute Gasteiger partial charge is 0.507 e. The van der Waals surface area contributed by atoms with Crippen LogP contribution in [0.2, 0.25) is 0 Å². The van der Waals surface area contributed by atoms with Gasteiger partial charge in [0.25, 0.3) is 11.7 Å². The van der Waals surface area contributed by atoms with Crippen LogP contribution >= 0.6 is 11.3 Å². The minimum Gasteiger partial charge on any atom is -0.507 e. The van der Waals surface area contributed by atoms with Crippen LogP contribution in [0.4, 0.5) is 10.8 Å². The van der Waals surface area contributed by atoms with E-state index in [0.717, 1.165) is 11.3 Å². The summed E-state index contributed by atoms with van der Waals surface area (Å²) in [5, 5.41) is 52.5. The molecule has 15 heteroatoms. The maximum atomic E-state index is 14.5. The van der Waals surface area contributed by atoms with Gasteiger partial charge in [-0.05, 0) is 19.9 Å². The maximum Gasteiger partial charge on any atom is 0.312 e. The average Bonchev–Trinajstić information content (AvgIpc) is 3.70. The highest BCUT2D eigenvalue weighted by molar-refractivity contribution is 7.23. The quantitative estimate of drug-likeness (QED) is 0.0961. The molecule has 302 valence electrons. The second-order valence-electron chi connectivity index (χ2n) is 14.7. The fraction of sp³-hybridized carbons (Fsp3) is 0.463. The number of rotatable bonds is 5. The number of benzene rings is 2. The predicted molar refractivity (Wildman–Crippen MR) is 214 cm³/mol.